The highest BCUT2D eigenvalue weighted by Crippen LogP contribution is 2.30. The second-order valence-electron chi connectivity index (χ2n) is 6.47. The number of halogens is 3. The molecule has 2 aromatic rings. The number of methoxy groups -OCH3 is 1. The van der Waals surface area contributed by atoms with Gasteiger partial charge in [0.15, 0.2) is 0 Å². The first-order valence-corrected chi connectivity index (χ1v) is 8.12. The van der Waals surface area contributed by atoms with Crippen LogP contribution in [-0.4, -0.2) is 28.9 Å². The fourth-order valence-electron chi connectivity index (χ4n) is 2.25. The van der Waals surface area contributed by atoms with Gasteiger partial charge in [0.05, 0.1) is 12.1 Å². The van der Waals surface area contributed by atoms with Gasteiger partial charge < -0.3 is 10.1 Å². The third-order valence-corrected chi connectivity index (χ3v) is 4.05. The van der Waals surface area contributed by atoms with Crippen LogP contribution in [0.1, 0.15) is 25.0 Å². The first-order chi connectivity index (χ1) is 12.5. The Morgan fingerprint density at radius 1 is 1.04 bits per heavy atom. The van der Waals surface area contributed by atoms with Gasteiger partial charge in [-0.3, -0.25) is 10.0 Å². The lowest BCUT2D eigenvalue weighted by molar-refractivity contribution is -0.187. The number of ether oxygens (including phenoxy) is 1. The molecule has 0 spiro atoms. The highest BCUT2D eigenvalue weighted by Gasteiger charge is 2.31. The molecule has 146 valence electrons. The van der Waals surface area contributed by atoms with Crippen molar-refractivity contribution < 1.29 is 27.9 Å². The van der Waals surface area contributed by atoms with E-state index in [1.54, 1.807) is 38.1 Å². The Hall–Kier alpha value is -2.58. The molecule has 2 rings (SSSR count). The minimum Gasteiger partial charge on any atom is -0.369 e. The zero-order chi connectivity index (χ0) is 20.2. The van der Waals surface area contributed by atoms with E-state index in [-0.39, 0.29) is 6.54 Å². The number of hydrogen-bond donors (Lipinski definition) is 2. The fourth-order valence-corrected chi connectivity index (χ4v) is 2.25. The van der Waals surface area contributed by atoms with E-state index in [2.05, 4.69) is 5.32 Å². The van der Waals surface area contributed by atoms with Gasteiger partial charge in [-0.2, -0.15) is 13.2 Å². The second kappa shape index (κ2) is 7.98. The number of amides is 1. The van der Waals surface area contributed by atoms with E-state index in [9.17, 15) is 23.2 Å². The molecule has 0 saturated carbocycles. The molecule has 0 aliphatic carbocycles. The van der Waals surface area contributed by atoms with Gasteiger partial charge in [-0.1, -0.05) is 12.1 Å². The number of alkyl halides is 3. The summed E-state index contributed by atoms with van der Waals surface area (Å²) in [4.78, 5) is 12.1. The number of carbonyl (C=O) groups excluding carboxylic acids is 1. The standard InChI is InChI=1S/C19H21F3N2O3/c1-18(2,27-3)17(25)24(26)12-13-4-8-15(9-5-13)23-16-10-6-14(7-11-16)19(20,21)22/h4-11,23,26H,12H2,1-3H3. The Kier molecular flexibility index (Phi) is 6.12. The average molecular weight is 382 g/mol. The lowest BCUT2D eigenvalue weighted by Gasteiger charge is -2.26. The van der Waals surface area contributed by atoms with Crippen LogP contribution in [0, 0.1) is 0 Å². The summed E-state index contributed by atoms with van der Waals surface area (Å²) in [6, 6.07) is 11.5. The third kappa shape index (κ3) is 5.45. The first-order valence-electron chi connectivity index (χ1n) is 8.12. The van der Waals surface area contributed by atoms with Crippen LogP contribution >= 0.6 is 0 Å². The zero-order valence-corrected chi connectivity index (χ0v) is 15.2. The smallest absolute Gasteiger partial charge is 0.369 e. The molecule has 0 heterocycles. The molecule has 0 saturated heterocycles. The maximum Gasteiger partial charge on any atom is 0.416 e. The van der Waals surface area contributed by atoms with E-state index in [1.807, 2.05) is 0 Å². The van der Waals surface area contributed by atoms with Crippen LogP contribution in [0.3, 0.4) is 0 Å². The normalized spacial score (nSPS) is 12.0. The fraction of sp³-hybridized carbons (Fsp3) is 0.316. The predicted octanol–water partition coefficient (Wildman–Crippen LogP) is 4.59. The number of anilines is 2. The summed E-state index contributed by atoms with van der Waals surface area (Å²) >= 11 is 0. The molecule has 0 aromatic heterocycles. The van der Waals surface area contributed by atoms with E-state index in [1.165, 1.54) is 19.2 Å². The Labute approximate surface area is 155 Å². The molecule has 1 amide bonds. The Morgan fingerprint density at radius 3 is 1.96 bits per heavy atom. The summed E-state index contributed by atoms with van der Waals surface area (Å²) in [5.74, 6) is -0.572. The summed E-state index contributed by atoms with van der Waals surface area (Å²) in [5, 5.41) is 13.5. The van der Waals surface area contributed by atoms with Crippen molar-refractivity contribution in [2.75, 3.05) is 12.4 Å². The molecule has 2 aromatic carbocycles. The number of nitrogens with one attached hydrogen (secondary N) is 1. The maximum atomic E-state index is 12.6. The highest BCUT2D eigenvalue weighted by atomic mass is 19.4. The molecule has 2 N–H and O–H groups in total. The monoisotopic (exact) mass is 382 g/mol. The molecule has 0 atom stereocenters. The molecular weight excluding hydrogens is 361 g/mol. The van der Waals surface area contributed by atoms with Gasteiger partial charge in [0.2, 0.25) is 0 Å². The quantitative estimate of drug-likeness (QED) is 0.567. The van der Waals surface area contributed by atoms with Crippen molar-refractivity contribution in [3.63, 3.8) is 0 Å². The minimum atomic E-state index is -4.37. The third-order valence-electron chi connectivity index (χ3n) is 4.05. The molecule has 27 heavy (non-hydrogen) atoms. The molecule has 5 nitrogen and oxygen atoms in total. The molecular formula is C19H21F3N2O3. The van der Waals surface area contributed by atoms with Crippen molar-refractivity contribution in [3.05, 3.63) is 59.7 Å². The Morgan fingerprint density at radius 2 is 1.52 bits per heavy atom. The number of nitrogens with zero attached hydrogens (tertiary/aromatic N) is 1. The Bertz CT molecular complexity index is 772. The summed E-state index contributed by atoms with van der Waals surface area (Å²) in [7, 11) is 1.38. The summed E-state index contributed by atoms with van der Waals surface area (Å²) in [6.07, 6.45) is -4.37. The lowest BCUT2D eigenvalue weighted by atomic mass is 10.1. The van der Waals surface area contributed by atoms with Gasteiger partial charge in [0.25, 0.3) is 5.91 Å². The van der Waals surface area contributed by atoms with Gasteiger partial charge in [0.1, 0.15) is 5.60 Å². The topological polar surface area (TPSA) is 61.8 Å². The van der Waals surface area contributed by atoms with E-state index < -0.39 is 23.2 Å². The molecule has 8 heteroatoms. The summed E-state index contributed by atoms with van der Waals surface area (Å²) in [6.45, 7) is 3.08. The maximum absolute atomic E-state index is 12.6. The van der Waals surface area contributed by atoms with Crippen LogP contribution in [0.15, 0.2) is 48.5 Å². The molecule has 0 aliphatic heterocycles. The molecule has 0 fully saturated rings. The number of hydrogen-bond acceptors (Lipinski definition) is 4. The predicted molar refractivity (Wildman–Crippen MR) is 94.6 cm³/mol. The van der Waals surface area contributed by atoms with Crippen LogP contribution in [-0.2, 0) is 22.3 Å². The highest BCUT2D eigenvalue weighted by molar-refractivity contribution is 5.83. The molecule has 0 unspecified atom stereocenters. The van der Waals surface area contributed by atoms with E-state index in [0.29, 0.717) is 22.0 Å². The van der Waals surface area contributed by atoms with Gasteiger partial charge in [-0.25, -0.2) is 5.06 Å². The molecule has 0 aliphatic rings. The van der Waals surface area contributed by atoms with Gasteiger partial charge in [-0.05, 0) is 55.8 Å². The minimum absolute atomic E-state index is 0.0216. The molecule has 0 radical (unpaired) electrons. The van der Waals surface area contributed by atoms with Crippen LogP contribution in [0.5, 0.6) is 0 Å². The van der Waals surface area contributed by atoms with Crippen molar-refractivity contribution in [1.29, 1.82) is 0 Å². The summed E-state index contributed by atoms with van der Waals surface area (Å²) in [5.41, 5.74) is -0.00681. The van der Waals surface area contributed by atoms with Crippen molar-refractivity contribution in [3.8, 4) is 0 Å². The average Bonchev–Trinajstić information content (AvgIpc) is 2.62. The Balaban J connectivity index is 2.00. The number of benzene rings is 2. The van der Waals surface area contributed by atoms with E-state index >= 15 is 0 Å². The summed E-state index contributed by atoms with van der Waals surface area (Å²) < 4.78 is 42.8. The largest absolute Gasteiger partial charge is 0.416 e. The van der Waals surface area contributed by atoms with Crippen molar-refractivity contribution in [2.24, 2.45) is 0 Å². The molecule has 0 bridgehead atoms. The zero-order valence-electron chi connectivity index (χ0n) is 15.2. The van der Waals surface area contributed by atoms with Crippen LogP contribution < -0.4 is 5.32 Å². The van der Waals surface area contributed by atoms with Crippen molar-refractivity contribution >= 4 is 17.3 Å². The van der Waals surface area contributed by atoms with E-state index in [0.717, 1.165) is 12.1 Å². The van der Waals surface area contributed by atoms with Gasteiger partial charge in [-0.15, -0.1) is 0 Å². The SMILES string of the molecule is COC(C)(C)C(=O)N(O)Cc1ccc(Nc2ccc(C(F)(F)F)cc2)cc1. The van der Waals surface area contributed by atoms with Crippen LogP contribution in [0.2, 0.25) is 0 Å². The first kappa shape index (κ1) is 20.7. The number of hydroxylamine groups is 2. The van der Waals surface area contributed by atoms with Crippen LogP contribution in [0.25, 0.3) is 0 Å². The number of carbonyl (C=O) groups is 1. The van der Waals surface area contributed by atoms with Gasteiger partial charge >= 0.3 is 6.18 Å². The number of rotatable bonds is 6. The van der Waals surface area contributed by atoms with Gasteiger partial charge in [0, 0.05) is 18.5 Å². The van der Waals surface area contributed by atoms with E-state index in [4.69, 9.17) is 4.74 Å². The lowest BCUT2D eigenvalue weighted by Crippen LogP contribution is -2.44. The second-order valence-corrected chi connectivity index (χ2v) is 6.47. The van der Waals surface area contributed by atoms with Crippen molar-refractivity contribution in [2.45, 2.75) is 32.2 Å². The van der Waals surface area contributed by atoms with Crippen molar-refractivity contribution in [1.82, 2.24) is 5.06 Å². The van der Waals surface area contributed by atoms with Crippen LogP contribution in [0.4, 0.5) is 24.5 Å².